The molecular weight excluding hydrogens is 234 g/mol. The molecule has 0 bridgehead atoms. The predicted molar refractivity (Wildman–Crippen MR) is 70.3 cm³/mol. The van der Waals surface area contributed by atoms with Crippen molar-refractivity contribution >= 4 is 29.6 Å². The lowest BCUT2D eigenvalue weighted by atomic mass is 9.95. The summed E-state index contributed by atoms with van der Waals surface area (Å²) in [7, 11) is 0. The Morgan fingerprint density at radius 1 is 1.24 bits per heavy atom. The lowest BCUT2D eigenvalue weighted by molar-refractivity contribution is 0.476. The Bertz CT molecular complexity index is 511. The van der Waals surface area contributed by atoms with E-state index < -0.39 is 0 Å². The van der Waals surface area contributed by atoms with Crippen molar-refractivity contribution in [1.29, 1.82) is 0 Å². The average molecular weight is 249 g/mol. The molecule has 0 radical (unpaired) electrons. The SMILES string of the molecule is S[C@@H]1CCCC[C@H]1Nc1ncnc2nc[nH]c12. The van der Waals surface area contributed by atoms with Gasteiger partial charge in [-0.2, -0.15) is 12.6 Å². The van der Waals surface area contributed by atoms with E-state index in [-0.39, 0.29) is 0 Å². The van der Waals surface area contributed by atoms with Crippen LogP contribution in [0.3, 0.4) is 0 Å². The Balaban J connectivity index is 1.86. The summed E-state index contributed by atoms with van der Waals surface area (Å²) in [4.78, 5) is 15.6. The highest BCUT2D eigenvalue weighted by Crippen LogP contribution is 2.26. The molecule has 1 saturated carbocycles. The maximum Gasteiger partial charge on any atom is 0.182 e. The van der Waals surface area contributed by atoms with Crippen LogP contribution in [-0.2, 0) is 0 Å². The predicted octanol–water partition coefficient (Wildman–Crippen LogP) is 2.01. The van der Waals surface area contributed by atoms with E-state index in [1.165, 1.54) is 12.8 Å². The van der Waals surface area contributed by atoms with Gasteiger partial charge in [0.15, 0.2) is 11.5 Å². The number of H-pyrrole nitrogens is 1. The lowest BCUT2D eigenvalue weighted by Gasteiger charge is -2.29. The molecular formula is C11H15N5S. The van der Waals surface area contributed by atoms with Gasteiger partial charge < -0.3 is 10.3 Å². The molecule has 0 saturated heterocycles. The number of imidazole rings is 1. The molecule has 2 atom stereocenters. The number of nitrogens with one attached hydrogen (secondary N) is 2. The molecule has 0 spiro atoms. The van der Waals surface area contributed by atoms with Gasteiger partial charge in [0.25, 0.3) is 0 Å². The first kappa shape index (κ1) is 10.8. The third kappa shape index (κ3) is 2.09. The summed E-state index contributed by atoms with van der Waals surface area (Å²) in [6, 6.07) is 0.383. The van der Waals surface area contributed by atoms with Gasteiger partial charge in [-0.15, -0.1) is 0 Å². The molecule has 0 unspecified atom stereocenters. The first-order valence-electron chi connectivity index (χ1n) is 5.93. The van der Waals surface area contributed by atoms with E-state index >= 15 is 0 Å². The van der Waals surface area contributed by atoms with Crippen LogP contribution in [-0.4, -0.2) is 31.2 Å². The van der Waals surface area contributed by atoms with Crippen LogP contribution < -0.4 is 5.32 Å². The molecule has 2 heterocycles. The standard InChI is InChI=1S/C11H15N5S/c17-8-4-2-1-3-7(8)16-11-9-10(13-5-12-9)14-6-15-11/h5-8,17H,1-4H2,(H2,12,13,14,15,16)/t7-,8-/m1/s1. The van der Waals surface area contributed by atoms with Gasteiger partial charge in [-0.1, -0.05) is 12.8 Å². The first-order chi connectivity index (χ1) is 8.34. The Morgan fingerprint density at radius 3 is 3.00 bits per heavy atom. The normalized spacial score (nSPS) is 25.0. The van der Waals surface area contributed by atoms with Gasteiger partial charge in [-0.3, -0.25) is 0 Å². The van der Waals surface area contributed by atoms with Gasteiger partial charge in [-0.25, -0.2) is 15.0 Å². The minimum atomic E-state index is 0.383. The molecule has 6 heteroatoms. The average Bonchev–Trinajstić information content (AvgIpc) is 2.81. The smallest absolute Gasteiger partial charge is 0.182 e. The van der Waals surface area contributed by atoms with Gasteiger partial charge in [0, 0.05) is 11.3 Å². The Morgan fingerprint density at radius 2 is 2.12 bits per heavy atom. The van der Waals surface area contributed by atoms with Gasteiger partial charge in [0.2, 0.25) is 0 Å². The first-order valence-corrected chi connectivity index (χ1v) is 6.45. The van der Waals surface area contributed by atoms with Crippen LogP contribution in [0.1, 0.15) is 25.7 Å². The zero-order valence-corrected chi connectivity index (χ0v) is 10.3. The highest BCUT2D eigenvalue weighted by Gasteiger charge is 2.23. The molecule has 2 aromatic rings. The molecule has 5 nitrogen and oxygen atoms in total. The molecule has 2 aromatic heterocycles. The zero-order valence-electron chi connectivity index (χ0n) is 9.43. The minimum Gasteiger partial charge on any atom is -0.364 e. The molecule has 0 aromatic carbocycles. The maximum absolute atomic E-state index is 4.63. The van der Waals surface area contributed by atoms with Crippen LogP contribution in [0.5, 0.6) is 0 Å². The van der Waals surface area contributed by atoms with Gasteiger partial charge in [0.1, 0.15) is 11.8 Å². The summed E-state index contributed by atoms with van der Waals surface area (Å²) in [5, 5.41) is 3.86. The van der Waals surface area contributed by atoms with Crippen molar-refractivity contribution < 1.29 is 0 Å². The van der Waals surface area contributed by atoms with Gasteiger partial charge in [0.05, 0.1) is 6.33 Å². The van der Waals surface area contributed by atoms with Crippen LogP contribution in [0.25, 0.3) is 11.2 Å². The van der Waals surface area contributed by atoms with E-state index in [9.17, 15) is 0 Å². The van der Waals surface area contributed by atoms with Crippen molar-refractivity contribution in [3.63, 3.8) is 0 Å². The second kappa shape index (κ2) is 4.52. The van der Waals surface area contributed by atoms with E-state index in [2.05, 4.69) is 37.9 Å². The fourth-order valence-corrected chi connectivity index (χ4v) is 2.74. The van der Waals surface area contributed by atoms with E-state index in [0.717, 1.165) is 24.2 Å². The number of fused-ring (bicyclic) bond motifs is 1. The van der Waals surface area contributed by atoms with E-state index in [1.807, 2.05) is 0 Å². The summed E-state index contributed by atoms with van der Waals surface area (Å²) in [6.07, 6.45) is 8.03. The molecule has 17 heavy (non-hydrogen) atoms. The molecule has 1 fully saturated rings. The van der Waals surface area contributed by atoms with Crippen LogP contribution in [0.4, 0.5) is 5.82 Å². The monoisotopic (exact) mass is 249 g/mol. The molecule has 2 N–H and O–H groups in total. The van der Waals surface area contributed by atoms with Crippen LogP contribution >= 0.6 is 12.6 Å². The quantitative estimate of drug-likeness (QED) is 0.712. The van der Waals surface area contributed by atoms with Crippen LogP contribution in [0.15, 0.2) is 12.7 Å². The third-order valence-electron chi connectivity index (χ3n) is 3.27. The van der Waals surface area contributed by atoms with Crippen molar-refractivity contribution in [2.75, 3.05) is 5.32 Å². The number of anilines is 1. The van der Waals surface area contributed by atoms with Gasteiger partial charge >= 0.3 is 0 Å². The zero-order chi connectivity index (χ0) is 11.7. The van der Waals surface area contributed by atoms with E-state index in [1.54, 1.807) is 12.7 Å². The third-order valence-corrected chi connectivity index (χ3v) is 3.89. The number of hydrogen-bond acceptors (Lipinski definition) is 5. The fraction of sp³-hybridized carbons (Fsp3) is 0.545. The summed E-state index contributed by atoms with van der Waals surface area (Å²) in [5.74, 6) is 0.832. The maximum atomic E-state index is 4.63. The molecule has 1 aliphatic rings. The van der Waals surface area contributed by atoms with Crippen LogP contribution in [0, 0.1) is 0 Å². The van der Waals surface area contributed by atoms with Gasteiger partial charge in [-0.05, 0) is 12.8 Å². The number of aromatic nitrogens is 4. The lowest BCUT2D eigenvalue weighted by Crippen LogP contribution is -2.33. The largest absolute Gasteiger partial charge is 0.364 e. The van der Waals surface area contributed by atoms with E-state index in [0.29, 0.717) is 16.9 Å². The fourth-order valence-electron chi connectivity index (χ4n) is 2.33. The van der Waals surface area contributed by atoms with Crippen molar-refractivity contribution in [2.45, 2.75) is 37.0 Å². The molecule has 0 amide bonds. The van der Waals surface area contributed by atoms with Crippen molar-refractivity contribution in [1.82, 2.24) is 19.9 Å². The molecule has 90 valence electrons. The van der Waals surface area contributed by atoms with Crippen molar-refractivity contribution in [3.05, 3.63) is 12.7 Å². The summed E-state index contributed by atoms with van der Waals surface area (Å²) < 4.78 is 0. The number of thiol groups is 1. The summed E-state index contributed by atoms with van der Waals surface area (Å²) in [6.45, 7) is 0. The Hall–Kier alpha value is -1.30. The Kier molecular flexibility index (Phi) is 2.88. The second-order valence-corrected chi connectivity index (χ2v) is 5.09. The second-order valence-electron chi connectivity index (χ2n) is 4.43. The number of rotatable bonds is 2. The summed E-state index contributed by atoms with van der Waals surface area (Å²) in [5.41, 5.74) is 1.58. The van der Waals surface area contributed by atoms with Crippen molar-refractivity contribution in [3.8, 4) is 0 Å². The van der Waals surface area contributed by atoms with Crippen molar-refractivity contribution in [2.24, 2.45) is 0 Å². The van der Waals surface area contributed by atoms with Crippen LogP contribution in [0.2, 0.25) is 0 Å². The molecule has 0 aliphatic heterocycles. The Labute approximate surface area is 105 Å². The van der Waals surface area contributed by atoms with E-state index in [4.69, 9.17) is 0 Å². The topological polar surface area (TPSA) is 66.5 Å². The highest BCUT2D eigenvalue weighted by molar-refractivity contribution is 7.81. The summed E-state index contributed by atoms with van der Waals surface area (Å²) >= 11 is 4.63. The number of aromatic amines is 1. The number of nitrogens with zero attached hydrogens (tertiary/aromatic N) is 3. The molecule has 1 aliphatic carbocycles. The number of hydrogen-bond donors (Lipinski definition) is 3. The molecule has 3 rings (SSSR count). The highest BCUT2D eigenvalue weighted by atomic mass is 32.1. The minimum absolute atomic E-state index is 0.383.